The van der Waals surface area contributed by atoms with Crippen molar-refractivity contribution in [2.75, 3.05) is 50.9 Å². The minimum atomic E-state index is -1.47. The van der Waals surface area contributed by atoms with Gasteiger partial charge < -0.3 is 30.4 Å². The molecule has 0 bridgehead atoms. The molecule has 13 nitrogen and oxygen atoms in total. The van der Waals surface area contributed by atoms with Crippen LogP contribution in [0.1, 0.15) is 43.7 Å². The van der Waals surface area contributed by atoms with E-state index in [0.717, 1.165) is 71.7 Å². The number of imide groups is 1. The number of hydrogen-bond acceptors (Lipinski definition) is 10. The summed E-state index contributed by atoms with van der Waals surface area (Å²) in [5.41, 5.74) is 9.80. The first-order valence-electron chi connectivity index (χ1n) is 15.0. The number of ether oxygens (including phenoxy) is 1. The lowest BCUT2D eigenvalue weighted by molar-refractivity contribution is -0.151. The third-order valence-corrected chi connectivity index (χ3v) is 8.02. The van der Waals surface area contributed by atoms with Crippen molar-refractivity contribution in [1.82, 2.24) is 29.2 Å². The maximum Gasteiger partial charge on any atom is 0.255 e. The van der Waals surface area contributed by atoms with E-state index < -0.39 is 18.0 Å². The summed E-state index contributed by atoms with van der Waals surface area (Å²) in [6, 6.07) is 8.11. The van der Waals surface area contributed by atoms with E-state index in [9.17, 15) is 19.5 Å². The lowest BCUT2D eigenvalue weighted by Crippen LogP contribution is -2.50. The summed E-state index contributed by atoms with van der Waals surface area (Å²) in [5.74, 6) is 0.227. The molecule has 0 aliphatic carbocycles. The van der Waals surface area contributed by atoms with Crippen molar-refractivity contribution in [3.63, 3.8) is 0 Å². The molecule has 0 spiro atoms. The van der Waals surface area contributed by atoms with Crippen molar-refractivity contribution >= 4 is 40.5 Å². The standard InChI is InChI=1S/C31H40N8O5/c1-3-4-5-11-33-30-29-23(34-31(32)35-30)10-12-38(29)20-22-17-21(6-7-24(22)44-2)19-36-13-15-37(16-14-36)27(42)18-28(43)39-25(40)8-9-26(39)41/h6-10,12,17,28,43H,3-5,11,13-16,18-20H2,1-2H3,(H3,32,33,34,35). The van der Waals surface area contributed by atoms with Crippen LogP contribution in [0.15, 0.2) is 42.6 Å². The number of nitrogens with one attached hydrogen (secondary N) is 1. The summed E-state index contributed by atoms with van der Waals surface area (Å²) in [4.78, 5) is 49.9. The molecule has 234 valence electrons. The van der Waals surface area contributed by atoms with E-state index in [1.807, 2.05) is 24.4 Å². The Labute approximate surface area is 256 Å². The van der Waals surface area contributed by atoms with E-state index in [2.05, 4.69) is 37.7 Å². The van der Waals surface area contributed by atoms with E-state index in [1.165, 1.54) is 0 Å². The van der Waals surface area contributed by atoms with Crippen molar-refractivity contribution < 1.29 is 24.2 Å². The second-order valence-electron chi connectivity index (χ2n) is 11.1. The van der Waals surface area contributed by atoms with Crippen molar-refractivity contribution in [3.05, 3.63) is 53.7 Å². The molecule has 2 aliphatic heterocycles. The molecule has 4 heterocycles. The summed E-state index contributed by atoms with van der Waals surface area (Å²) < 4.78 is 7.81. The minimum Gasteiger partial charge on any atom is -0.496 e. The Bertz CT molecular complexity index is 1530. The summed E-state index contributed by atoms with van der Waals surface area (Å²) in [7, 11) is 1.66. The molecule has 3 aromatic rings. The number of anilines is 2. The van der Waals surface area contributed by atoms with Crippen molar-refractivity contribution in [1.29, 1.82) is 0 Å². The fourth-order valence-corrected chi connectivity index (χ4v) is 5.69. The van der Waals surface area contributed by atoms with Crippen LogP contribution >= 0.6 is 0 Å². The van der Waals surface area contributed by atoms with Crippen LogP contribution in [0.3, 0.4) is 0 Å². The number of amides is 3. The van der Waals surface area contributed by atoms with E-state index in [-0.39, 0.29) is 18.3 Å². The minimum absolute atomic E-state index is 0.236. The van der Waals surface area contributed by atoms with Crippen molar-refractivity contribution in [2.24, 2.45) is 0 Å². The summed E-state index contributed by atoms with van der Waals surface area (Å²) in [6.45, 7) is 6.51. The highest BCUT2D eigenvalue weighted by Crippen LogP contribution is 2.27. The molecule has 1 aromatic carbocycles. The predicted molar refractivity (Wildman–Crippen MR) is 166 cm³/mol. The molecular formula is C31H40N8O5. The molecule has 2 aliphatic rings. The van der Waals surface area contributed by atoms with E-state index >= 15 is 0 Å². The van der Waals surface area contributed by atoms with Crippen molar-refractivity contribution in [2.45, 2.75) is 51.9 Å². The second kappa shape index (κ2) is 13.9. The Morgan fingerprint density at radius 3 is 2.52 bits per heavy atom. The van der Waals surface area contributed by atoms with Gasteiger partial charge in [0.05, 0.1) is 25.6 Å². The molecule has 13 heteroatoms. The summed E-state index contributed by atoms with van der Waals surface area (Å²) in [5, 5.41) is 13.7. The number of nitrogen functional groups attached to an aromatic ring is 1. The number of nitrogens with two attached hydrogens (primary N) is 1. The number of aromatic nitrogens is 3. The van der Waals surface area contributed by atoms with Crippen LogP contribution in [-0.2, 0) is 27.5 Å². The van der Waals surface area contributed by atoms with Gasteiger partial charge in [-0.2, -0.15) is 4.98 Å². The highest BCUT2D eigenvalue weighted by atomic mass is 16.5. The van der Waals surface area contributed by atoms with Crippen LogP contribution in [0, 0.1) is 0 Å². The molecule has 5 rings (SSSR count). The van der Waals surface area contributed by atoms with Gasteiger partial charge in [-0.25, -0.2) is 9.88 Å². The second-order valence-corrected chi connectivity index (χ2v) is 11.1. The molecule has 3 amide bonds. The first-order chi connectivity index (χ1) is 21.3. The topological polar surface area (TPSA) is 159 Å². The van der Waals surface area contributed by atoms with Gasteiger partial charge in [-0.1, -0.05) is 25.8 Å². The smallest absolute Gasteiger partial charge is 0.255 e. The Hall–Kier alpha value is -4.49. The molecular weight excluding hydrogens is 564 g/mol. The van der Waals surface area contributed by atoms with Gasteiger partial charge in [-0.05, 0) is 30.2 Å². The number of methoxy groups -OCH3 is 1. The number of rotatable bonds is 13. The number of benzene rings is 1. The highest BCUT2D eigenvalue weighted by Gasteiger charge is 2.33. The van der Waals surface area contributed by atoms with Gasteiger partial charge >= 0.3 is 0 Å². The van der Waals surface area contributed by atoms with Crippen LogP contribution in [0.5, 0.6) is 5.75 Å². The fourth-order valence-electron chi connectivity index (χ4n) is 5.69. The average molecular weight is 605 g/mol. The van der Waals surface area contributed by atoms with E-state index in [0.29, 0.717) is 44.2 Å². The zero-order valence-corrected chi connectivity index (χ0v) is 25.2. The zero-order valence-electron chi connectivity index (χ0n) is 25.2. The number of carbonyl (C=O) groups excluding carboxylic acids is 3. The normalized spacial score (nSPS) is 16.2. The monoisotopic (exact) mass is 604 g/mol. The van der Waals surface area contributed by atoms with Crippen LogP contribution < -0.4 is 15.8 Å². The summed E-state index contributed by atoms with van der Waals surface area (Å²) in [6.07, 6.45) is 5.70. The van der Waals surface area contributed by atoms with Gasteiger partial charge in [0.15, 0.2) is 5.82 Å². The van der Waals surface area contributed by atoms with Gasteiger partial charge in [-0.3, -0.25) is 19.3 Å². The predicted octanol–water partition coefficient (Wildman–Crippen LogP) is 1.95. The number of piperazine rings is 1. The maximum absolute atomic E-state index is 12.8. The van der Waals surface area contributed by atoms with E-state index in [1.54, 1.807) is 12.0 Å². The number of aliphatic hydroxyl groups is 1. The quantitative estimate of drug-likeness (QED) is 0.194. The van der Waals surface area contributed by atoms with Crippen molar-refractivity contribution in [3.8, 4) is 5.75 Å². The molecule has 0 saturated carbocycles. The first-order valence-corrected chi connectivity index (χ1v) is 15.0. The number of unbranched alkanes of at least 4 members (excludes halogenated alkanes) is 2. The Kier molecular flexibility index (Phi) is 9.75. The van der Waals surface area contributed by atoms with Gasteiger partial charge in [-0.15, -0.1) is 0 Å². The number of aliphatic hydroxyl groups excluding tert-OH is 1. The van der Waals surface area contributed by atoms with Gasteiger partial charge in [0.2, 0.25) is 11.9 Å². The Balaban J connectivity index is 1.22. The molecule has 1 saturated heterocycles. The van der Waals surface area contributed by atoms with Crippen LogP contribution in [-0.4, -0.2) is 98.1 Å². The number of hydrogen-bond donors (Lipinski definition) is 3. The third-order valence-electron chi connectivity index (χ3n) is 8.02. The van der Waals surface area contributed by atoms with Crippen LogP contribution in [0.4, 0.5) is 11.8 Å². The largest absolute Gasteiger partial charge is 0.496 e. The average Bonchev–Trinajstić information content (AvgIpc) is 3.57. The van der Waals surface area contributed by atoms with Crippen LogP contribution in [0.25, 0.3) is 11.0 Å². The highest BCUT2D eigenvalue weighted by molar-refractivity contribution is 6.13. The molecule has 4 N–H and O–H groups in total. The SMILES string of the molecule is CCCCCNc1nc(N)nc2ccn(Cc3cc(CN4CCN(C(=O)CC(O)N5C(=O)C=CC5=O)CC4)ccc3OC)c12. The zero-order chi connectivity index (χ0) is 31.2. The summed E-state index contributed by atoms with van der Waals surface area (Å²) >= 11 is 0. The van der Waals surface area contributed by atoms with Gasteiger partial charge in [0.25, 0.3) is 11.8 Å². The number of nitrogens with zero attached hydrogens (tertiary/aromatic N) is 6. The van der Waals surface area contributed by atoms with Crippen LogP contribution in [0.2, 0.25) is 0 Å². The first kappa shape index (κ1) is 31.0. The van der Waals surface area contributed by atoms with Gasteiger partial charge in [0, 0.05) is 63.2 Å². The molecule has 1 atom stereocenters. The van der Waals surface area contributed by atoms with E-state index in [4.69, 9.17) is 10.5 Å². The molecule has 1 unspecified atom stereocenters. The van der Waals surface area contributed by atoms with Gasteiger partial charge in [0.1, 0.15) is 17.5 Å². The molecule has 1 fully saturated rings. The Morgan fingerprint density at radius 2 is 1.82 bits per heavy atom. The molecule has 44 heavy (non-hydrogen) atoms. The molecule has 2 aromatic heterocycles. The maximum atomic E-state index is 12.8. The lowest BCUT2D eigenvalue weighted by Gasteiger charge is -2.35. The number of fused-ring (bicyclic) bond motifs is 1. The molecule has 0 radical (unpaired) electrons. The third kappa shape index (κ3) is 7.00. The Morgan fingerprint density at radius 1 is 1.07 bits per heavy atom. The fraction of sp³-hybridized carbons (Fsp3) is 0.452. The lowest BCUT2D eigenvalue weighted by atomic mass is 10.1. The number of carbonyl (C=O) groups is 3.